The quantitative estimate of drug-likeness (QED) is 0.521. The maximum Gasteiger partial charge on any atom is 0.120 e. The highest BCUT2D eigenvalue weighted by Gasteiger charge is 2.49. The van der Waals surface area contributed by atoms with E-state index in [2.05, 4.69) is 20.4 Å². The fourth-order valence-corrected chi connectivity index (χ4v) is 4.63. The van der Waals surface area contributed by atoms with Crippen LogP contribution < -0.4 is 0 Å². The first-order valence-corrected chi connectivity index (χ1v) is 7.21. The van der Waals surface area contributed by atoms with E-state index in [0.29, 0.717) is 11.3 Å². The summed E-state index contributed by atoms with van der Waals surface area (Å²) in [5.41, 5.74) is 1.99. The lowest BCUT2D eigenvalue weighted by atomic mass is 9.61. The lowest BCUT2D eigenvalue weighted by Crippen LogP contribution is -2.35. The summed E-state index contributed by atoms with van der Waals surface area (Å²) in [4.78, 5) is 10.5. The molecule has 96 valence electrons. The van der Waals surface area contributed by atoms with Crippen LogP contribution in [0.1, 0.15) is 58.8 Å². The fraction of sp³-hybridized carbons (Fsp3) is 0.812. The number of allylic oxidation sites excluding steroid dienone is 1. The summed E-state index contributed by atoms with van der Waals surface area (Å²) in [6, 6.07) is 0. The second kappa shape index (κ2) is 4.96. The lowest BCUT2D eigenvalue weighted by Gasteiger charge is -2.44. The molecule has 2 rings (SSSR count). The van der Waals surface area contributed by atoms with Crippen molar-refractivity contribution in [3.8, 4) is 0 Å². The third kappa shape index (κ3) is 2.21. The SMILES string of the molecule is C=C1CCC[C@@]2(C)C1CC[C@@H]2[C@H](C)CCC=O. The van der Waals surface area contributed by atoms with Crippen molar-refractivity contribution in [2.75, 3.05) is 0 Å². The van der Waals surface area contributed by atoms with Gasteiger partial charge >= 0.3 is 0 Å². The maximum atomic E-state index is 10.5. The Morgan fingerprint density at radius 1 is 1.53 bits per heavy atom. The van der Waals surface area contributed by atoms with Crippen LogP contribution in [-0.4, -0.2) is 6.29 Å². The zero-order chi connectivity index (χ0) is 12.5. The second-order valence-electron chi connectivity index (χ2n) is 6.48. The van der Waals surface area contributed by atoms with Crippen LogP contribution in [0.4, 0.5) is 0 Å². The monoisotopic (exact) mass is 234 g/mol. The predicted molar refractivity (Wildman–Crippen MR) is 71.8 cm³/mol. The minimum atomic E-state index is 0.484. The van der Waals surface area contributed by atoms with E-state index in [1.165, 1.54) is 37.7 Å². The molecule has 0 aliphatic heterocycles. The molecule has 0 bridgehead atoms. The molecular formula is C16H26O. The van der Waals surface area contributed by atoms with Gasteiger partial charge in [0.1, 0.15) is 6.29 Å². The lowest BCUT2D eigenvalue weighted by molar-refractivity contribution is -0.108. The molecule has 1 heteroatoms. The van der Waals surface area contributed by atoms with Crippen molar-refractivity contribution in [1.29, 1.82) is 0 Å². The molecule has 17 heavy (non-hydrogen) atoms. The zero-order valence-corrected chi connectivity index (χ0v) is 11.4. The molecule has 0 aromatic carbocycles. The number of carbonyl (C=O) groups excluding carboxylic acids is 1. The number of hydrogen-bond donors (Lipinski definition) is 0. The summed E-state index contributed by atoms with van der Waals surface area (Å²) in [6.45, 7) is 9.13. The summed E-state index contributed by atoms with van der Waals surface area (Å²) in [7, 11) is 0. The topological polar surface area (TPSA) is 17.1 Å². The number of fused-ring (bicyclic) bond motifs is 1. The molecule has 0 heterocycles. The molecule has 1 unspecified atom stereocenters. The van der Waals surface area contributed by atoms with Gasteiger partial charge in [-0.25, -0.2) is 0 Å². The van der Waals surface area contributed by atoms with Gasteiger partial charge in [-0.3, -0.25) is 0 Å². The Morgan fingerprint density at radius 2 is 2.29 bits per heavy atom. The first-order valence-electron chi connectivity index (χ1n) is 7.21. The smallest absolute Gasteiger partial charge is 0.120 e. The van der Waals surface area contributed by atoms with Crippen molar-refractivity contribution in [3.05, 3.63) is 12.2 Å². The minimum Gasteiger partial charge on any atom is -0.303 e. The molecule has 0 aromatic heterocycles. The highest BCUT2D eigenvalue weighted by atomic mass is 16.1. The van der Waals surface area contributed by atoms with E-state index in [0.717, 1.165) is 31.0 Å². The van der Waals surface area contributed by atoms with Crippen molar-refractivity contribution in [2.24, 2.45) is 23.2 Å². The molecule has 1 nitrogen and oxygen atoms in total. The minimum absolute atomic E-state index is 0.484. The van der Waals surface area contributed by atoms with E-state index < -0.39 is 0 Å². The summed E-state index contributed by atoms with van der Waals surface area (Å²) < 4.78 is 0. The molecule has 2 saturated carbocycles. The van der Waals surface area contributed by atoms with Crippen LogP contribution in [0, 0.1) is 23.2 Å². The standard InChI is InChI=1S/C16H26O/c1-12-6-4-10-16(3)14(12)8-9-15(16)13(2)7-5-11-17/h11,13-15H,1,4-10H2,2-3H3/t13-,14?,15-,16+/m1/s1. The van der Waals surface area contributed by atoms with Crippen LogP contribution in [0.2, 0.25) is 0 Å². The number of hydrogen-bond acceptors (Lipinski definition) is 1. The maximum absolute atomic E-state index is 10.5. The van der Waals surface area contributed by atoms with E-state index in [1.54, 1.807) is 0 Å². The zero-order valence-electron chi connectivity index (χ0n) is 11.4. The normalized spacial score (nSPS) is 38.8. The van der Waals surface area contributed by atoms with Crippen molar-refractivity contribution in [3.63, 3.8) is 0 Å². The van der Waals surface area contributed by atoms with Crippen LogP contribution in [0.25, 0.3) is 0 Å². The Bertz CT molecular complexity index is 307. The first-order chi connectivity index (χ1) is 8.09. The van der Waals surface area contributed by atoms with Gasteiger partial charge in [-0.1, -0.05) is 26.0 Å². The van der Waals surface area contributed by atoms with Gasteiger partial charge in [0.15, 0.2) is 0 Å². The molecule has 0 amide bonds. The number of aldehydes is 1. The molecule has 0 aromatic rings. The van der Waals surface area contributed by atoms with Crippen LogP contribution in [-0.2, 0) is 4.79 Å². The third-order valence-corrected chi connectivity index (χ3v) is 5.54. The Balaban J connectivity index is 2.09. The van der Waals surface area contributed by atoms with Gasteiger partial charge in [-0.15, -0.1) is 0 Å². The Kier molecular flexibility index (Phi) is 3.75. The van der Waals surface area contributed by atoms with Crippen LogP contribution in [0.15, 0.2) is 12.2 Å². The molecule has 0 N–H and O–H groups in total. The van der Waals surface area contributed by atoms with Gasteiger partial charge in [0.25, 0.3) is 0 Å². The summed E-state index contributed by atoms with van der Waals surface area (Å²) in [5, 5.41) is 0. The summed E-state index contributed by atoms with van der Waals surface area (Å²) in [6.07, 6.45) is 9.50. The Morgan fingerprint density at radius 3 is 3.00 bits per heavy atom. The number of rotatable bonds is 4. The van der Waals surface area contributed by atoms with Crippen LogP contribution in [0.5, 0.6) is 0 Å². The van der Waals surface area contributed by atoms with Gasteiger partial charge in [-0.2, -0.15) is 0 Å². The van der Waals surface area contributed by atoms with Gasteiger partial charge in [0, 0.05) is 6.42 Å². The van der Waals surface area contributed by atoms with E-state index in [4.69, 9.17) is 0 Å². The van der Waals surface area contributed by atoms with Crippen LogP contribution >= 0.6 is 0 Å². The third-order valence-electron chi connectivity index (χ3n) is 5.54. The van der Waals surface area contributed by atoms with Crippen molar-refractivity contribution >= 4 is 6.29 Å². The fourth-order valence-electron chi connectivity index (χ4n) is 4.63. The molecule has 2 aliphatic rings. The largest absolute Gasteiger partial charge is 0.303 e. The van der Waals surface area contributed by atoms with Crippen molar-refractivity contribution < 1.29 is 4.79 Å². The second-order valence-corrected chi connectivity index (χ2v) is 6.48. The van der Waals surface area contributed by atoms with Gasteiger partial charge in [0.05, 0.1) is 0 Å². The van der Waals surface area contributed by atoms with Gasteiger partial charge < -0.3 is 4.79 Å². The molecular weight excluding hydrogens is 208 g/mol. The van der Waals surface area contributed by atoms with E-state index in [-0.39, 0.29) is 0 Å². The van der Waals surface area contributed by atoms with E-state index in [1.807, 2.05) is 0 Å². The highest BCUT2D eigenvalue weighted by molar-refractivity contribution is 5.49. The summed E-state index contributed by atoms with van der Waals surface area (Å²) in [5.74, 6) is 2.27. The predicted octanol–water partition coefficient (Wildman–Crippen LogP) is 4.37. The van der Waals surface area contributed by atoms with Crippen molar-refractivity contribution in [1.82, 2.24) is 0 Å². The van der Waals surface area contributed by atoms with Gasteiger partial charge in [0.2, 0.25) is 0 Å². The summed E-state index contributed by atoms with van der Waals surface area (Å²) >= 11 is 0. The van der Waals surface area contributed by atoms with Crippen molar-refractivity contribution in [2.45, 2.75) is 58.8 Å². The Hall–Kier alpha value is -0.590. The molecule has 4 atom stereocenters. The average molecular weight is 234 g/mol. The number of carbonyl (C=O) groups is 1. The molecule has 0 saturated heterocycles. The van der Waals surface area contributed by atoms with E-state index >= 15 is 0 Å². The first kappa shape index (κ1) is 12.9. The molecule has 2 aliphatic carbocycles. The highest BCUT2D eigenvalue weighted by Crippen LogP contribution is 2.59. The van der Waals surface area contributed by atoms with Gasteiger partial charge in [-0.05, 0) is 61.7 Å². The van der Waals surface area contributed by atoms with E-state index in [9.17, 15) is 4.79 Å². The molecule has 2 fully saturated rings. The molecule has 0 spiro atoms. The Labute approximate surface area is 106 Å². The molecule has 0 radical (unpaired) electrons. The average Bonchev–Trinajstić information content (AvgIpc) is 2.64. The van der Waals surface area contributed by atoms with Crippen LogP contribution in [0.3, 0.4) is 0 Å².